The average molecular weight is 368 g/mol. The van der Waals surface area contributed by atoms with Crippen molar-refractivity contribution in [2.45, 2.75) is 25.2 Å². The molecule has 1 aromatic carbocycles. The number of oxazole rings is 1. The maximum atomic E-state index is 13.8. The van der Waals surface area contributed by atoms with Crippen molar-refractivity contribution in [2.24, 2.45) is 7.05 Å². The van der Waals surface area contributed by atoms with Crippen LogP contribution in [0.25, 0.3) is 0 Å². The lowest BCUT2D eigenvalue weighted by molar-refractivity contribution is 0.0698. The summed E-state index contributed by atoms with van der Waals surface area (Å²) >= 11 is 0. The van der Waals surface area contributed by atoms with E-state index in [1.165, 1.54) is 6.07 Å². The summed E-state index contributed by atoms with van der Waals surface area (Å²) < 4.78 is 21.3. The molecule has 0 bridgehead atoms. The molecule has 6 nitrogen and oxygen atoms in total. The van der Waals surface area contributed by atoms with Gasteiger partial charge >= 0.3 is 0 Å². The molecule has 7 heteroatoms. The number of piperidine rings is 1. The molecule has 0 unspecified atom stereocenters. The van der Waals surface area contributed by atoms with Gasteiger partial charge < -0.3 is 9.32 Å². The fourth-order valence-corrected chi connectivity index (χ4v) is 3.50. The molecular formula is C20H21FN4O2. The molecular weight excluding hydrogens is 347 g/mol. The Morgan fingerprint density at radius 2 is 2.19 bits per heavy atom. The van der Waals surface area contributed by atoms with E-state index in [9.17, 15) is 9.18 Å². The van der Waals surface area contributed by atoms with Crippen molar-refractivity contribution < 1.29 is 13.6 Å². The molecule has 1 aliphatic heterocycles. The monoisotopic (exact) mass is 368 g/mol. The number of rotatable bonds is 4. The van der Waals surface area contributed by atoms with E-state index >= 15 is 0 Å². The second-order valence-electron chi connectivity index (χ2n) is 6.93. The molecule has 0 saturated carbocycles. The summed E-state index contributed by atoms with van der Waals surface area (Å²) in [5.41, 5.74) is 1.17. The Morgan fingerprint density at radius 1 is 1.33 bits per heavy atom. The standard InChI is InChI=1S/C20H21FN4O2/c1-24-12-16(10-23-24)20(26)25-8-4-6-15(13-25)19-22-11-17(27-19)9-14-5-2-3-7-18(14)21/h2-3,5,7,10-12,15H,4,6,8-9,13H2,1H3/t15-/m1/s1. The van der Waals surface area contributed by atoms with Crippen LogP contribution < -0.4 is 0 Å². The highest BCUT2D eigenvalue weighted by Gasteiger charge is 2.29. The normalized spacial score (nSPS) is 17.3. The maximum absolute atomic E-state index is 13.8. The summed E-state index contributed by atoms with van der Waals surface area (Å²) in [5.74, 6) is 1.02. The predicted octanol–water partition coefficient (Wildman–Crippen LogP) is 3.16. The van der Waals surface area contributed by atoms with E-state index in [0.29, 0.717) is 42.3 Å². The van der Waals surface area contributed by atoms with Gasteiger partial charge in [0.1, 0.15) is 11.6 Å². The Kier molecular flexibility index (Phi) is 4.75. The molecule has 3 aromatic rings. The van der Waals surface area contributed by atoms with Crippen LogP contribution in [0, 0.1) is 5.82 Å². The van der Waals surface area contributed by atoms with Crippen molar-refractivity contribution in [3.63, 3.8) is 0 Å². The zero-order valence-electron chi connectivity index (χ0n) is 15.1. The highest BCUT2D eigenvalue weighted by molar-refractivity contribution is 5.93. The van der Waals surface area contributed by atoms with Gasteiger partial charge in [0.2, 0.25) is 0 Å². The number of likely N-dealkylation sites (tertiary alicyclic amines) is 1. The first-order valence-electron chi connectivity index (χ1n) is 9.06. The number of amides is 1. The molecule has 1 aliphatic rings. The smallest absolute Gasteiger partial charge is 0.257 e. The minimum Gasteiger partial charge on any atom is -0.445 e. The Hall–Kier alpha value is -2.96. The van der Waals surface area contributed by atoms with E-state index in [0.717, 1.165) is 12.8 Å². The summed E-state index contributed by atoms with van der Waals surface area (Å²) in [6.07, 6.45) is 7.14. The molecule has 0 spiro atoms. The van der Waals surface area contributed by atoms with Crippen LogP contribution in [-0.4, -0.2) is 38.7 Å². The number of benzene rings is 1. The van der Waals surface area contributed by atoms with Crippen LogP contribution in [0.5, 0.6) is 0 Å². The number of nitrogens with zero attached hydrogens (tertiary/aromatic N) is 4. The quantitative estimate of drug-likeness (QED) is 0.710. The highest BCUT2D eigenvalue weighted by atomic mass is 19.1. The number of halogens is 1. The van der Waals surface area contributed by atoms with Crippen LogP contribution in [0.2, 0.25) is 0 Å². The number of hydrogen-bond donors (Lipinski definition) is 0. The number of aromatic nitrogens is 3. The van der Waals surface area contributed by atoms with Crippen LogP contribution in [0.4, 0.5) is 4.39 Å². The van der Waals surface area contributed by atoms with E-state index in [1.54, 1.807) is 48.5 Å². The Balaban J connectivity index is 1.45. The SMILES string of the molecule is Cn1cc(C(=O)N2CCC[C@@H](c3ncc(Cc4ccccc4F)o3)C2)cn1. The van der Waals surface area contributed by atoms with Gasteiger partial charge in [0.25, 0.3) is 5.91 Å². The summed E-state index contributed by atoms with van der Waals surface area (Å²) in [4.78, 5) is 18.9. The van der Waals surface area contributed by atoms with E-state index < -0.39 is 0 Å². The van der Waals surface area contributed by atoms with Gasteiger partial charge in [0.05, 0.1) is 23.9 Å². The van der Waals surface area contributed by atoms with Crippen molar-refractivity contribution >= 4 is 5.91 Å². The molecule has 27 heavy (non-hydrogen) atoms. The summed E-state index contributed by atoms with van der Waals surface area (Å²) in [7, 11) is 1.79. The van der Waals surface area contributed by atoms with Crippen LogP contribution in [-0.2, 0) is 13.5 Å². The maximum Gasteiger partial charge on any atom is 0.257 e. The van der Waals surface area contributed by atoms with Gasteiger partial charge in [-0.05, 0) is 24.5 Å². The fourth-order valence-electron chi connectivity index (χ4n) is 3.50. The molecule has 0 radical (unpaired) electrons. The van der Waals surface area contributed by atoms with Gasteiger partial charge in [-0.15, -0.1) is 0 Å². The van der Waals surface area contributed by atoms with Crippen molar-refractivity contribution in [1.82, 2.24) is 19.7 Å². The Bertz CT molecular complexity index is 949. The van der Waals surface area contributed by atoms with Gasteiger partial charge in [0, 0.05) is 32.8 Å². The lowest BCUT2D eigenvalue weighted by Gasteiger charge is -2.31. The summed E-state index contributed by atoms with van der Waals surface area (Å²) in [6.45, 7) is 1.28. The first kappa shape index (κ1) is 17.5. The third-order valence-corrected chi connectivity index (χ3v) is 4.90. The van der Waals surface area contributed by atoms with Crippen molar-refractivity contribution in [3.05, 3.63) is 71.5 Å². The van der Waals surface area contributed by atoms with E-state index in [1.807, 2.05) is 4.90 Å². The lowest BCUT2D eigenvalue weighted by Crippen LogP contribution is -2.39. The van der Waals surface area contributed by atoms with Crippen molar-refractivity contribution in [2.75, 3.05) is 13.1 Å². The fraction of sp³-hybridized carbons (Fsp3) is 0.350. The van der Waals surface area contributed by atoms with E-state index in [4.69, 9.17) is 4.42 Å². The minimum absolute atomic E-state index is 0.0223. The molecule has 1 saturated heterocycles. The zero-order valence-corrected chi connectivity index (χ0v) is 15.1. The number of aryl methyl sites for hydroxylation is 1. The third-order valence-electron chi connectivity index (χ3n) is 4.90. The topological polar surface area (TPSA) is 64.2 Å². The van der Waals surface area contributed by atoms with Gasteiger partial charge in [-0.1, -0.05) is 18.2 Å². The molecule has 4 rings (SSSR count). The van der Waals surface area contributed by atoms with Crippen molar-refractivity contribution in [3.8, 4) is 0 Å². The molecule has 3 heterocycles. The van der Waals surface area contributed by atoms with Crippen LogP contribution in [0.1, 0.15) is 46.3 Å². The van der Waals surface area contributed by atoms with Crippen molar-refractivity contribution in [1.29, 1.82) is 0 Å². The molecule has 1 atom stereocenters. The minimum atomic E-state index is -0.249. The molecule has 0 N–H and O–H groups in total. The number of carbonyl (C=O) groups is 1. The van der Waals surface area contributed by atoms with Crippen LogP contribution in [0.15, 0.2) is 47.3 Å². The first-order valence-corrected chi connectivity index (χ1v) is 9.06. The van der Waals surface area contributed by atoms with Gasteiger partial charge in [0.15, 0.2) is 5.89 Å². The second-order valence-corrected chi connectivity index (χ2v) is 6.93. The zero-order chi connectivity index (χ0) is 18.8. The van der Waals surface area contributed by atoms with Crippen LogP contribution >= 0.6 is 0 Å². The lowest BCUT2D eigenvalue weighted by atomic mass is 9.97. The van der Waals surface area contributed by atoms with Gasteiger partial charge in [-0.3, -0.25) is 9.48 Å². The van der Waals surface area contributed by atoms with E-state index in [2.05, 4.69) is 10.1 Å². The average Bonchev–Trinajstić information content (AvgIpc) is 3.32. The summed E-state index contributed by atoms with van der Waals surface area (Å²) in [5, 5.41) is 4.07. The molecule has 1 fully saturated rings. The number of carbonyl (C=O) groups excluding carboxylic acids is 1. The molecule has 140 valence electrons. The van der Waals surface area contributed by atoms with Gasteiger partial charge in [-0.2, -0.15) is 5.10 Å². The Labute approximate surface area is 156 Å². The predicted molar refractivity (Wildman–Crippen MR) is 96.8 cm³/mol. The number of hydrogen-bond acceptors (Lipinski definition) is 4. The first-order chi connectivity index (χ1) is 13.1. The molecule has 2 aromatic heterocycles. The van der Waals surface area contributed by atoms with E-state index in [-0.39, 0.29) is 17.6 Å². The molecule has 0 aliphatic carbocycles. The Morgan fingerprint density at radius 3 is 2.96 bits per heavy atom. The molecule has 1 amide bonds. The highest BCUT2D eigenvalue weighted by Crippen LogP contribution is 2.28. The third kappa shape index (κ3) is 3.77. The summed E-state index contributed by atoms with van der Waals surface area (Å²) in [6, 6.07) is 6.65. The van der Waals surface area contributed by atoms with Gasteiger partial charge in [-0.25, -0.2) is 9.37 Å². The second kappa shape index (κ2) is 7.34. The largest absolute Gasteiger partial charge is 0.445 e. The van der Waals surface area contributed by atoms with Crippen LogP contribution in [0.3, 0.4) is 0 Å².